The summed E-state index contributed by atoms with van der Waals surface area (Å²) in [6.45, 7) is 5.22. The van der Waals surface area contributed by atoms with Gasteiger partial charge >= 0.3 is 5.97 Å². The third-order valence-corrected chi connectivity index (χ3v) is 6.65. The Morgan fingerprint density at radius 1 is 1.25 bits per heavy atom. The quantitative estimate of drug-likeness (QED) is 0.416. The van der Waals surface area contributed by atoms with Crippen molar-refractivity contribution in [3.05, 3.63) is 28.4 Å². The van der Waals surface area contributed by atoms with Crippen molar-refractivity contribution < 1.29 is 14.7 Å². The zero-order valence-electron chi connectivity index (χ0n) is 11.2. The van der Waals surface area contributed by atoms with Gasteiger partial charge < -0.3 is 10.0 Å². The first-order valence-corrected chi connectivity index (χ1v) is 9.06. The average molecular weight is 613 g/mol. The minimum atomic E-state index is -1.23. The van der Waals surface area contributed by atoms with Crippen molar-refractivity contribution in [2.45, 2.75) is 26.3 Å². The molecule has 1 aromatic rings. The number of carboxylic acid groups (broad SMARTS) is 1. The average Bonchev–Trinajstić information content (AvgIpc) is 2.33. The van der Waals surface area contributed by atoms with Gasteiger partial charge in [0.25, 0.3) is 5.91 Å². The van der Waals surface area contributed by atoms with Crippen LogP contribution in [-0.2, 0) is 4.79 Å². The van der Waals surface area contributed by atoms with E-state index in [2.05, 4.69) is 67.8 Å². The Balaban J connectivity index is 3.33. The fourth-order valence-electron chi connectivity index (χ4n) is 1.77. The van der Waals surface area contributed by atoms with E-state index in [0.29, 0.717) is 12.1 Å². The highest BCUT2D eigenvalue weighted by Crippen LogP contribution is 2.26. The molecule has 4 nitrogen and oxygen atoms in total. The van der Waals surface area contributed by atoms with Gasteiger partial charge in [0.2, 0.25) is 0 Å². The number of benzene rings is 1. The monoisotopic (exact) mass is 613 g/mol. The molecule has 0 atom stereocenters. The normalized spacial score (nSPS) is 11.3. The Bertz CT molecular complexity index is 558. The Hall–Kier alpha value is 0.350. The van der Waals surface area contributed by atoms with Gasteiger partial charge in [-0.05, 0) is 101 Å². The molecule has 20 heavy (non-hydrogen) atoms. The van der Waals surface area contributed by atoms with E-state index in [0.717, 1.165) is 10.7 Å². The Morgan fingerprint density at radius 2 is 1.80 bits per heavy atom. The van der Waals surface area contributed by atoms with Crippen LogP contribution in [0, 0.1) is 10.7 Å². The van der Waals surface area contributed by atoms with Crippen LogP contribution >= 0.6 is 67.8 Å². The van der Waals surface area contributed by atoms with Gasteiger partial charge in [-0.2, -0.15) is 0 Å². The second kappa shape index (κ2) is 7.07. The lowest BCUT2D eigenvalue weighted by Gasteiger charge is -2.34. The number of carbonyl (C=O) groups is 2. The molecule has 0 aliphatic rings. The van der Waals surface area contributed by atoms with Gasteiger partial charge in [-0.1, -0.05) is 0 Å². The highest BCUT2D eigenvalue weighted by atomic mass is 127. The Labute approximate surface area is 159 Å². The number of nitrogens with zero attached hydrogens (tertiary/aromatic N) is 1. The number of hydrogen-bond donors (Lipinski definition) is 1. The van der Waals surface area contributed by atoms with Gasteiger partial charge in [0, 0.05) is 17.3 Å². The predicted octanol–water partition coefficient (Wildman–Crippen LogP) is 3.83. The molecule has 0 aliphatic carbocycles. The number of rotatable bonds is 4. The lowest BCUT2D eigenvalue weighted by molar-refractivity contribution is -0.147. The first-order chi connectivity index (χ1) is 9.12. The molecule has 1 N–H and O–H groups in total. The zero-order chi connectivity index (χ0) is 15.7. The molecule has 7 heteroatoms. The third kappa shape index (κ3) is 3.76. The van der Waals surface area contributed by atoms with Crippen LogP contribution in [0.2, 0.25) is 0 Å². The van der Waals surface area contributed by atoms with Crippen LogP contribution in [0.1, 0.15) is 31.1 Å². The standard InChI is InChI=1S/C13H14I3NO3/c1-4-17(13(2,3)12(19)20)11(18)8-5-7(14)6-9(15)10(8)16/h5-6H,4H2,1-3H3,(H,19,20). The summed E-state index contributed by atoms with van der Waals surface area (Å²) in [4.78, 5) is 25.5. The first kappa shape index (κ1) is 18.4. The molecule has 0 saturated heterocycles. The molecule has 0 saturated carbocycles. The second-order valence-corrected chi connectivity index (χ2v) is 8.15. The van der Waals surface area contributed by atoms with Crippen LogP contribution in [0.25, 0.3) is 0 Å². The minimum absolute atomic E-state index is 0.249. The van der Waals surface area contributed by atoms with Crippen LogP contribution in [0.5, 0.6) is 0 Å². The summed E-state index contributed by atoms with van der Waals surface area (Å²) in [5.74, 6) is -1.26. The summed E-state index contributed by atoms with van der Waals surface area (Å²) < 4.78 is 2.80. The van der Waals surface area contributed by atoms with Crippen molar-refractivity contribution in [1.29, 1.82) is 0 Å². The maximum absolute atomic E-state index is 12.7. The van der Waals surface area contributed by atoms with Gasteiger partial charge in [0.15, 0.2) is 0 Å². The largest absolute Gasteiger partial charge is 0.480 e. The van der Waals surface area contributed by atoms with E-state index in [1.54, 1.807) is 26.8 Å². The van der Waals surface area contributed by atoms with Gasteiger partial charge in [0.1, 0.15) is 5.54 Å². The summed E-state index contributed by atoms with van der Waals surface area (Å²) in [6.07, 6.45) is 0. The van der Waals surface area contributed by atoms with Crippen molar-refractivity contribution in [2.24, 2.45) is 0 Å². The third-order valence-electron chi connectivity index (χ3n) is 2.98. The second-order valence-electron chi connectivity index (χ2n) is 4.66. The van der Waals surface area contributed by atoms with Crippen LogP contribution in [0.4, 0.5) is 0 Å². The number of hydrogen-bond acceptors (Lipinski definition) is 2. The molecule has 1 amide bonds. The van der Waals surface area contributed by atoms with Crippen molar-refractivity contribution in [2.75, 3.05) is 6.54 Å². The lowest BCUT2D eigenvalue weighted by atomic mass is 10.0. The molecule has 110 valence electrons. The number of likely N-dealkylation sites (N-methyl/N-ethyl adjacent to an activating group) is 1. The summed E-state index contributed by atoms with van der Waals surface area (Å²) in [5.41, 5.74) is -0.681. The van der Waals surface area contributed by atoms with Crippen molar-refractivity contribution >= 4 is 79.6 Å². The number of carbonyl (C=O) groups excluding carboxylic acids is 1. The molecule has 0 aliphatic heterocycles. The SMILES string of the molecule is CCN(C(=O)c1cc(I)cc(I)c1I)C(C)(C)C(=O)O. The van der Waals surface area contributed by atoms with E-state index in [1.807, 2.05) is 6.07 Å². The van der Waals surface area contributed by atoms with Crippen LogP contribution in [0.3, 0.4) is 0 Å². The molecule has 0 fully saturated rings. The summed E-state index contributed by atoms with van der Waals surface area (Å²) in [6, 6.07) is 3.78. The van der Waals surface area contributed by atoms with E-state index >= 15 is 0 Å². The fourth-order valence-corrected chi connectivity index (χ4v) is 4.15. The molecule has 1 aromatic carbocycles. The first-order valence-electron chi connectivity index (χ1n) is 5.82. The number of aliphatic carboxylic acids is 1. The highest BCUT2D eigenvalue weighted by molar-refractivity contribution is 14.1. The predicted molar refractivity (Wildman–Crippen MR) is 103 cm³/mol. The maximum Gasteiger partial charge on any atom is 0.329 e. The number of halogens is 3. The molecule has 0 unspecified atom stereocenters. The van der Waals surface area contributed by atoms with E-state index in [9.17, 15) is 14.7 Å². The van der Waals surface area contributed by atoms with Gasteiger partial charge in [-0.25, -0.2) is 4.79 Å². The minimum Gasteiger partial charge on any atom is -0.480 e. The summed E-state index contributed by atoms with van der Waals surface area (Å²) in [7, 11) is 0. The Kier molecular flexibility index (Phi) is 6.51. The molecule has 0 heterocycles. The molecule has 0 radical (unpaired) electrons. The molecule has 0 aromatic heterocycles. The molecule has 0 bridgehead atoms. The van der Waals surface area contributed by atoms with Gasteiger partial charge in [-0.3, -0.25) is 4.79 Å². The Morgan fingerprint density at radius 3 is 2.25 bits per heavy atom. The van der Waals surface area contributed by atoms with E-state index in [1.165, 1.54) is 4.90 Å². The van der Waals surface area contributed by atoms with E-state index in [-0.39, 0.29) is 5.91 Å². The van der Waals surface area contributed by atoms with Crippen molar-refractivity contribution in [3.8, 4) is 0 Å². The van der Waals surface area contributed by atoms with Gasteiger partial charge in [-0.15, -0.1) is 0 Å². The fraction of sp³-hybridized carbons (Fsp3) is 0.385. The molecular weight excluding hydrogens is 599 g/mol. The van der Waals surface area contributed by atoms with Gasteiger partial charge in [0.05, 0.1) is 5.56 Å². The number of amides is 1. The smallest absolute Gasteiger partial charge is 0.329 e. The van der Waals surface area contributed by atoms with Crippen molar-refractivity contribution in [1.82, 2.24) is 4.90 Å². The topological polar surface area (TPSA) is 57.6 Å². The van der Waals surface area contributed by atoms with Crippen LogP contribution in [-0.4, -0.2) is 34.0 Å². The summed E-state index contributed by atoms with van der Waals surface area (Å²) >= 11 is 6.46. The maximum atomic E-state index is 12.7. The van der Waals surface area contributed by atoms with Crippen LogP contribution in [0.15, 0.2) is 12.1 Å². The molecular formula is C13H14I3NO3. The highest BCUT2D eigenvalue weighted by Gasteiger charge is 2.37. The van der Waals surface area contributed by atoms with Crippen LogP contribution < -0.4 is 0 Å². The summed E-state index contributed by atoms with van der Waals surface area (Å²) in [5, 5.41) is 9.32. The lowest BCUT2D eigenvalue weighted by Crippen LogP contribution is -2.53. The number of carboxylic acids is 1. The zero-order valence-corrected chi connectivity index (χ0v) is 17.7. The molecule has 1 rings (SSSR count). The van der Waals surface area contributed by atoms with Crippen molar-refractivity contribution in [3.63, 3.8) is 0 Å². The molecule has 0 spiro atoms. The van der Waals surface area contributed by atoms with E-state index < -0.39 is 11.5 Å². The van der Waals surface area contributed by atoms with E-state index in [4.69, 9.17) is 0 Å².